The lowest BCUT2D eigenvalue weighted by Gasteiger charge is -2.28. The van der Waals surface area contributed by atoms with Gasteiger partial charge in [-0.15, -0.1) is 0 Å². The summed E-state index contributed by atoms with van der Waals surface area (Å²) in [6.07, 6.45) is 1.45. The van der Waals surface area contributed by atoms with Gasteiger partial charge in [0.25, 0.3) is 0 Å². The Bertz CT molecular complexity index is 1050. The Balaban J connectivity index is 1.32. The number of benzene rings is 2. The van der Waals surface area contributed by atoms with Crippen LogP contribution in [0.4, 0.5) is 10.1 Å². The molecule has 3 aromatic rings. The van der Waals surface area contributed by atoms with Crippen LogP contribution in [0.1, 0.15) is 5.56 Å². The molecule has 0 spiro atoms. The third-order valence-electron chi connectivity index (χ3n) is 4.95. The highest BCUT2D eigenvalue weighted by atomic mass is 19.1. The zero-order chi connectivity index (χ0) is 20.9. The summed E-state index contributed by atoms with van der Waals surface area (Å²) in [5.41, 5.74) is 2.66. The quantitative estimate of drug-likeness (QED) is 0.674. The number of morpholine rings is 1. The highest BCUT2D eigenvalue weighted by Gasteiger charge is 2.13. The van der Waals surface area contributed by atoms with Crippen LogP contribution in [0.2, 0.25) is 0 Å². The Kier molecular flexibility index (Phi) is 5.94. The Morgan fingerprint density at radius 1 is 1.03 bits per heavy atom. The van der Waals surface area contributed by atoms with E-state index in [9.17, 15) is 14.0 Å². The summed E-state index contributed by atoms with van der Waals surface area (Å²) < 4.78 is 24.8. The van der Waals surface area contributed by atoms with Crippen molar-refractivity contribution in [2.24, 2.45) is 0 Å². The lowest BCUT2D eigenvalue weighted by Crippen LogP contribution is -2.36. The first-order valence-corrected chi connectivity index (χ1v) is 9.73. The number of hydrogen-bond donors (Lipinski definition) is 1. The van der Waals surface area contributed by atoms with Crippen LogP contribution in [0.25, 0.3) is 11.3 Å². The first-order valence-electron chi connectivity index (χ1n) is 9.73. The molecule has 7 nitrogen and oxygen atoms in total. The van der Waals surface area contributed by atoms with E-state index in [0.29, 0.717) is 12.1 Å². The van der Waals surface area contributed by atoms with E-state index in [0.717, 1.165) is 37.6 Å². The second kappa shape index (κ2) is 8.96. The maximum absolute atomic E-state index is 13.0. The van der Waals surface area contributed by atoms with Crippen molar-refractivity contribution in [1.82, 2.24) is 9.88 Å². The van der Waals surface area contributed by atoms with Gasteiger partial charge in [0.05, 0.1) is 19.4 Å². The number of anilines is 1. The number of carbonyl (C=O) groups is 1. The smallest absolute Gasteiger partial charge is 0.408 e. The Morgan fingerprint density at radius 3 is 2.43 bits per heavy atom. The number of nitrogens with one attached hydrogen (secondary N) is 1. The fourth-order valence-corrected chi connectivity index (χ4v) is 3.29. The molecule has 4 rings (SSSR count). The van der Waals surface area contributed by atoms with Gasteiger partial charge in [-0.3, -0.25) is 9.36 Å². The van der Waals surface area contributed by atoms with Gasteiger partial charge in [0.15, 0.2) is 5.76 Å². The number of carbonyl (C=O) groups excluding carboxylic acids is 1. The molecule has 0 unspecified atom stereocenters. The van der Waals surface area contributed by atoms with E-state index in [1.807, 2.05) is 24.3 Å². The van der Waals surface area contributed by atoms with Crippen LogP contribution >= 0.6 is 0 Å². The van der Waals surface area contributed by atoms with Gasteiger partial charge in [0.1, 0.15) is 12.4 Å². The first kappa shape index (κ1) is 19.9. The third-order valence-corrected chi connectivity index (χ3v) is 4.95. The normalized spacial score (nSPS) is 14.0. The monoisotopic (exact) mass is 411 g/mol. The van der Waals surface area contributed by atoms with Gasteiger partial charge in [0.2, 0.25) is 5.91 Å². The minimum absolute atomic E-state index is 0.157. The summed E-state index contributed by atoms with van der Waals surface area (Å²) in [4.78, 5) is 26.5. The lowest BCUT2D eigenvalue weighted by atomic mass is 10.2. The summed E-state index contributed by atoms with van der Waals surface area (Å²) in [7, 11) is 0. The highest BCUT2D eigenvalue weighted by molar-refractivity contribution is 5.75. The van der Waals surface area contributed by atoms with Gasteiger partial charge in [-0.05, 0) is 42.0 Å². The van der Waals surface area contributed by atoms with Crippen LogP contribution < -0.4 is 16.0 Å². The average Bonchev–Trinajstić information content (AvgIpc) is 3.14. The van der Waals surface area contributed by atoms with Crippen molar-refractivity contribution in [3.8, 4) is 11.3 Å². The van der Waals surface area contributed by atoms with E-state index in [1.54, 1.807) is 0 Å². The molecule has 1 amide bonds. The van der Waals surface area contributed by atoms with Crippen molar-refractivity contribution in [1.29, 1.82) is 0 Å². The largest absolute Gasteiger partial charge is 0.419 e. The third kappa shape index (κ3) is 4.77. The molecule has 156 valence electrons. The fraction of sp³-hybridized carbons (Fsp3) is 0.273. The van der Waals surface area contributed by atoms with Gasteiger partial charge in [-0.2, -0.15) is 0 Å². The Labute approximate surface area is 172 Å². The van der Waals surface area contributed by atoms with Crippen molar-refractivity contribution in [2.45, 2.75) is 13.1 Å². The first-order chi connectivity index (χ1) is 14.6. The summed E-state index contributed by atoms with van der Waals surface area (Å²) in [6.45, 7) is 3.40. The van der Waals surface area contributed by atoms with E-state index < -0.39 is 5.76 Å². The summed E-state index contributed by atoms with van der Waals surface area (Å²) in [5.74, 6) is -1.04. The standard InChI is InChI=1S/C22H22FN3O4/c23-18-5-3-17(4-6-18)20-14-26(22(28)30-20)15-21(27)24-13-16-1-7-19(8-2-16)25-9-11-29-12-10-25/h1-8,14H,9-13,15H2,(H,24,27). The molecule has 0 radical (unpaired) electrons. The van der Waals surface area contributed by atoms with E-state index in [1.165, 1.54) is 35.0 Å². The van der Waals surface area contributed by atoms with Gasteiger partial charge >= 0.3 is 5.76 Å². The molecule has 1 aromatic heterocycles. The molecule has 0 saturated carbocycles. The van der Waals surface area contributed by atoms with Crippen LogP contribution in [0.3, 0.4) is 0 Å². The summed E-state index contributed by atoms with van der Waals surface area (Å²) >= 11 is 0. The molecule has 30 heavy (non-hydrogen) atoms. The fourth-order valence-electron chi connectivity index (χ4n) is 3.29. The van der Waals surface area contributed by atoms with Crippen LogP contribution in [-0.2, 0) is 22.6 Å². The minimum Gasteiger partial charge on any atom is -0.408 e. The van der Waals surface area contributed by atoms with Crippen LogP contribution in [0, 0.1) is 5.82 Å². The maximum atomic E-state index is 13.0. The van der Waals surface area contributed by atoms with Gasteiger partial charge < -0.3 is 19.4 Å². The van der Waals surface area contributed by atoms with Gasteiger partial charge in [-0.25, -0.2) is 9.18 Å². The number of hydrogen-bond acceptors (Lipinski definition) is 5. The number of amides is 1. The van der Waals surface area contributed by atoms with Crippen LogP contribution in [-0.4, -0.2) is 36.8 Å². The summed E-state index contributed by atoms with van der Waals surface area (Å²) in [5, 5.41) is 2.81. The van der Waals surface area contributed by atoms with Gasteiger partial charge in [0, 0.05) is 30.9 Å². The highest BCUT2D eigenvalue weighted by Crippen LogP contribution is 2.18. The zero-order valence-corrected chi connectivity index (χ0v) is 16.3. The average molecular weight is 411 g/mol. The predicted octanol–water partition coefficient (Wildman–Crippen LogP) is 2.40. The SMILES string of the molecule is O=C(Cn1cc(-c2ccc(F)cc2)oc1=O)NCc1ccc(N2CCOCC2)cc1. The number of oxazole rings is 1. The molecule has 1 aliphatic rings. The minimum atomic E-state index is -0.640. The Hall–Kier alpha value is -3.39. The van der Waals surface area contributed by atoms with Crippen molar-refractivity contribution in [3.63, 3.8) is 0 Å². The molecule has 1 N–H and O–H groups in total. The van der Waals surface area contributed by atoms with Crippen molar-refractivity contribution in [3.05, 3.63) is 76.7 Å². The van der Waals surface area contributed by atoms with E-state index in [4.69, 9.17) is 9.15 Å². The molecular formula is C22H22FN3O4. The molecular weight excluding hydrogens is 389 g/mol. The molecule has 2 heterocycles. The lowest BCUT2D eigenvalue weighted by molar-refractivity contribution is -0.121. The predicted molar refractivity (Wildman–Crippen MR) is 110 cm³/mol. The molecule has 0 aliphatic carbocycles. The van der Waals surface area contributed by atoms with Crippen LogP contribution in [0.5, 0.6) is 0 Å². The zero-order valence-electron chi connectivity index (χ0n) is 16.3. The molecule has 8 heteroatoms. The van der Waals surface area contributed by atoms with Crippen LogP contribution in [0.15, 0.2) is 63.9 Å². The Morgan fingerprint density at radius 2 is 1.73 bits per heavy atom. The van der Waals surface area contributed by atoms with Gasteiger partial charge in [-0.1, -0.05) is 12.1 Å². The van der Waals surface area contributed by atoms with Crippen molar-refractivity contribution in [2.75, 3.05) is 31.2 Å². The summed E-state index contributed by atoms with van der Waals surface area (Å²) in [6, 6.07) is 13.6. The molecule has 2 aromatic carbocycles. The molecule has 1 saturated heterocycles. The maximum Gasteiger partial charge on any atom is 0.419 e. The molecule has 0 atom stereocenters. The van der Waals surface area contributed by atoms with E-state index in [-0.39, 0.29) is 24.0 Å². The molecule has 1 fully saturated rings. The number of nitrogens with zero attached hydrogens (tertiary/aromatic N) is 2. The number of halogens is 1. The second-order valence-corrected chi connectivity index (χ2v) is 7.04. The van der Waals surface area contributed by atoms with E-state index >= 15 is 0 Å². The van der Waals surface area contributed by atoms with E-state index in [2.05, 4.69) is 10.2 Å². The number of ether oxygens (including phenoxy) is 1. The topological polar surface area (TPSA) is 76.7 Å². The number of aromatic nitrogens is 1. The molecule has 0 bridgehead atoms. The van der Waals surface area contributed by atoms with Crippen molar-refractivity contribution < 1.29 is 18.3 Å². The second-order valence-electron chi connectivity index (χ2n) is 7.04. The number of rotatable bonds is 6. The molecule has 1 aliphatic heterocycles. The van der Waals surface area contributed by atoms with Crippen molar-refractivity contribution >= 4 is 11.6 Å².